The van der Waals surface area contributed by atoms with Crippen molar-refractivity contribution in [3.05, 3.63) is 39.7 Å². The molecule has 1 heterocycles. The van der Waals surface area contributed by atoms with Crippen molar-refractivity contribution in [3.63, 3.8) is 0 Å². The van der Waals surface area contributed by atoms with Crippen LogP contribution in [0.25, 0.3) is 0 Å². The number of aromatic nitrogens is 2. The third-order valence-corrected chi connectivity index (χ3v) is 3.20. The number of ether oxygens (including phenoxy) is 1. The molecule has 0 atom stereocenters. The van der Waals surface area contributed by atoms with Crippen molar-refractivity contribution in [3.8, 4) is 11.6 Å². The van der Waals surface area contributed by atoms with Gasteiger partial charge in [-0.15, -0.1) is 0 Å². The van der Waals surface area contributed by atoms with E-state index in [0.717, 1.165) is 9.32 Å². The lowest BCUT2D eigenvalue weighted by molar-refractivity contribution is 0.454. The molecule has 0 fully saturated rings. The van der Waals surface area contributed by atoms with Gasteiger partial charge in [-0.1, -0.05) is 26.0 Å². The average Bonchev–Trinajstić information content (AvgIpc) is 2.31. The van der Waals surface area contributed by atoms with E-state index in [2.05, 4.69) is 32.6 Å². The molecule has 1 aromatic heterocycles. The fourth-order valence-electron chi connectivity index (χ4n) is 1.41. The first-order valence-corrected chi connectivity index (χ1v) is 6.71. The zero-order valence-corrected chi connectivity index (χ0v) is 12.4. The molecule has 4 nitrogen and oxygen atoms in total. The van der Waals surface area contributed by atoms with E-state index in [9.17, 15) is 0 Å². The normalized spacial score (nSPS) is 10.7. The molecular formula is C13H14IN3O. The lowest BCUT2D eigenvalue weighted by atomic mass is 10.2. The van der Waals surface area contributed by atoms with Gasteiger partial charge in [-0.05, 0) is 34.7 Å². The van der Waals surface area contributed by atoms with Crippen molar-refractivity contribution in [1.82, 2.24) is 9.97 Å². The summed E-state index contributed by atoms with van der Waals surface area (Å²) in [5.74, 6) is 2.58. The van der Waals surface area contributed by atoms with Crippen molar-refractivity contribution < 1.29 is 4.74 Å². The van der Waals surface area contributed by atoms with Crippen LogP contribution in [-0.4, -0.2) is 9.97 Å². The van der Waals surface area contributed by atoms with Gasteiger partial charge in [0.25, 0.3) is 0 Å². The van der Waals surface area contributed by atoms with Crippen molar-refractivity contribution in [1.29, 1.82) is 0 Å². The highest BCUT2D eigenvalue weighted by Gasteiger charge is 2.09. The Bertz CT molecular complexity index is 558. The highest BCUT2D eigenvalue weighted by atomic mass is 127. The lowest BCUT2D eigenvalue weighted by Gasteiger charge is -2.10. The number of nitrogen functional groups attached to an aromatic ring is 1. The van der Waals surface area contributed by atoms with Crippen LogP contribution in [0, 0.1) is 3.57 Å². The van der Waals surface area contributed by atoms with Gasteiger partial charge in [0.05, 0.1) is 3.57 Å². The molecule has 1 aromatic carbocycles. The van der Waals surface area contributed by atoms with Gasteiger partial charge >= 0.3 is 0 Å². The number of halogens is 1. The first kappa shape index (κ1) is 13.1. The minimum Gasteiger partial charge on any atom is -0.438 e. The van der Waals surface area contributed by atoms with E-state index in [-0.39, 0.29) is 5.92 Å². The maximum absolute atomic E-state index is 5.76. The summed E-state index contributed by atoms with van der Waals surface area (Å²) in [5.41, 5.74) is 5.76. The van der Waals surface area contributed by atoms with Gasteiger partial charge in [0.1, 0.15) is 17.4 Å². The predicted molar refractivity (Wildman–Crippen MR) is 79.8 cm³/mol. The highest BCUT2D eigenvalue weighted by Crippen LogP contribution is 2.26. The summed E-state index contributed by atoms with van der Waals surface area (Å²) in [6.07, 6.45) is 0. The number of nitrogens with two attached hydrogens (primary N) is 1. The van der Waals surface area contributed by atoms with E-state index in [1.165, 1.54) is 0 Å². The molecule has 0 amide bonds. The molecule has 0 aliphatic heterocycles. The minimum absolute atomic E-state index is 0.214. The molecule has 2 aromatic rings. The summed E-state index contributed by atoms with van der Waals surface area (Å²) < 4.78 is 6.77. The Morgan fingerprint density at radius 3 is 2.61 bits per heavy atom. The van der Waals surface area contributed by atoms with Crippen LogP contribution in [0.3, 0.4) is 0 Å². The number of rotatable bonds is 3. The van der Waals surface area contributed by atoms with Gasteiger partial charge in [-0.3, -0.25) is 0 Å². The monoisotopic (exact) mass is 355 g/mol. The molecule has 94 valence electrons. The van der Waals surface area contributed by atoms with Crippen LogP contribution in [0.5, 0.6) is 11.6 Å². The molecule has 18 heavy (non-hydrogen) atoms. The van der Waals surface area contributed by atoms with Gasteiger partial charge in [0, 0.05) is 12.0 Å². The van der Waals surface area contributed by atoms with E-state index in [4.69, 9.17) is 10.5 Å². The van der Waals surface area contributed by atoms with Crippen LogP contribution < -0.4 is 10.5 Å². The maximum atomic E-state index is 5.76. The minimum atomic E-state index is 0.214. The summed E-state index contributed by atoms with van der Waals surface area (Å²) in [7, 11) is 0. The average molecular weight is 355 g/mol. The Balaban J connectivity index is 2.32. The van der Waals surface area contributed by atoms with Crippen molar-refractivity contribution in [2.45, 2.75) is 19.8 Å². The Morgan fingerprint density at radius 1 is 1.22 bits per heavy atom. The van der Waals surface area contributed by atoms with E-state index < -0.39 is 0 Å². The number of hydrogen-bond acceptors (Lipinski definition) is 4. The highest BCUT2D eigenvalue weighted by molar-refractivity contribution is 14.1. The SMILES string of the molecule is CC(C)c1nc(N)cc(Oc2ccccc2I)n1. The van der Waals surface area contributed by atoms with Gasteiger partial charge < -0.3 is 10.5 Å². The molecule has 0 aliphatic carbocycles. The summed E-state index contributed by atoms with van der Waals surface area (Å²) in [4.78, 5) is 8.54. The van der Waals surface area contributed by atoms with Crippen molar-refractivity contribution >= 4 is 28.4 Å². The summed E-state index contributed by atoms with van der Waals surface area (Å²) in [5, 5.41) is 0. The topological polar surface area (TPSA) is 61.0 Å². The number of para-hydroxylation sites is 1. The molecule has 0 bridgehead atoms. The van der Waals surface area contributed by atoms with Crippen molar-refractivity contribution in [2.24, 2.45) is 0 Å². The molecule has 2 rings (SSSR count). The Morgan fingerprint density at radius 2 is 1.94 bits per heavy atom. The molecule has 0 spiro atoms. The van der Waals surface area contributed by atoms with Crippen LogP contribution in [-0.2, 0) is 0 Å². The van der Waals surface area contributed by atoms with Crippen LogP contribution in [0.4, 0.5) is 5.82 Å². The second kappa shape index (κ2) is 5.51. The fraction of sp³-hybridized carbons (Fsp3) is 0.231. The number of nitrogens with zero attached hydrogens (tertiary/aromatic N) is 2. The quantitative estimate of drug-likeness (QED) is 0.855. The van der Waals surface area contributed by atoms with Crippen LogP contribution in [0.1, 0.15) is 25.6 Å². The molecule has 5 heteroatoms. The number of benzene rings is 1. The third kappa shape index (κ3) is 3.10. The van der Waals surface area contributed by atoms with E-state index >= 15 is 0 Å². The van der Waals surface area contributed by atoms with E-state index in [1.54, 1.807) is 6.07 Å². The van der Waals surface area contributed by atoms with Crippen molar-refractivity contribution in [2.75, 3.05) is 5.73 Å². The fourth-order valence-corrected chi connectivity index (χ4v) is 1.91. The molecule has 0 saturated carbocycles. The first-order valence-electron chi connectivity index (χ1n) is 5.63. The molecular weight excluding hydrogens is 341 g/mol. The van der Waals surface area contributed by atoms with Gasteiger partial charge in [-0.25, -0.2) is 4.98 Å². The standard InChI is InChI=1S/C13H14IN3O/c1-8(2)13-16-11(15)7-12(17-13)18-10-6-4-3-5-9(10)14/h3-8H,1-2H3,(H2,15,16,17). The number of anilines is 1. The van der Waals surface area contributed by atoms with E-state index in [1.807, 2.05) is 38.1 Å². The molecule has 2 N–H and O–H groups in total. The maximum Gasteiger partial charge on any atom is 0.224 e. The predicted octanol–water partition coefficient (Wildman–Crippen LogP) is 3.58. The van der Waals surface area contributed by atoms with Crippen LogP contribution >= 0.6 is 22.6 Å². The lowest BCUT2D eigenvalue weighted by Crippen LogP contribution is -2.03. The van der Waals surface area contributed by atoms with Crippen LogP contribution in [0.15, 0.2) is 30.3 Å². The molecule has 0 aliphatic rings. The van der Waals surface area contributed by atoms with E-state index in [0.29, 0.717) is 17.5 Å². The zero-order chi connectivity index (χ0) is 13.1. The second-order valence-corrected chi connectivity index (χ2v) is 5.34. The smallest absolute Gasteiger partial charge is 0.224 e. The summed E-state index contributed by atoms with van der Waals surface area (Å²) in [6, 6.07) is 9.39. The van der Waals surface area contributed by atoms with Gasteiger partial charge in [-0.2, -0.15) is 4.98 Å². The molecule has 0 saturated heterocycles. The Kier molecular flexibility index (Phi) is 4.00. The first-order chi connectivity index (χ1) is 8.56. The molecule has 0 radical (unpaired) electrons. The summed E-state index contributed by atoms with van der Waals surface area (Å²) >= 11 is 2.22. The Hall–Kier alpha value is -1.37. The summed E-state index contributed by atoms with van der Waals surface area (Å²) in [6.45, 7) is 4.04. The van der Waals surface area contributed by atoms with Crippen LogP contribution in [0.2, 0.25) is 0 Å². The third-order valence-electron chi connectivity index (χ3n) is 2.31. The van der Waals surface area contributed by atoms with Gasteiger partial charge in [0.15, 0.2) is 0 Å². The molecule has 0 unspecified atom stereocenters. The van der Waals surface area contributed by atoms with Gasteiger partial charge in [0.2, 0.25) is 5.88 Å². The Labute approximate surface area is 120 Å². The second-order valence-electron chi connectivity index (χ2n) is 4.18. The zero-order valence-electron chi connectivity index (χ0n) is 10.2. The number of hydrogen-bond donors (Lipinski definition) is 1. The largest absolute Gasteiger partial charge is 0.438 e.